The van der Waals surface area contributed by atoms with E-state index in [1.807, 2.05) is 18.2 Å². The number of hydrogen-bond donors (Lipinski definition) is 1. The molecule has 3 rings (SSSR count). The molecule has 1 aliphatic rings. The number of ether oxygens (including phenoxy) is 1. The van der Waals surface area contributed by atoms with Crippen molar-refractivity contribution in [1.29, 1.82) is 5.26 Å². The summed E-state index contributed by atoms with van der Waals surface area (Å²) in [6, 6.07) is 8.39. The van der Waals surface area contributed by atoms with Crippen LogP contribution in [0.4, 0.5) is 0 Å². The Morgan fingerprint density at radius 1 is 1.47 bits per heavy atom. The monoisotopic (exact) mass is 317 g/mol. The van der Waals surface area contributed by atoms with Crippen LogP contribution in [0, 0.1) is 18.3 Å². The van der Waals surface area contributed by atoms with E-state index in [2.05, 4.69) is 38.9 Å². The van der Waals surface area contributed by atoms with E-state index in [9.17, 15) is 5.26 Å². The minimum Gasteiger partial charge on any atom is -0.377 e. The Balaban J connectivity index is 2.02. The van der Waals surface area contributed by atoms with Crippen molar-refractivity contribution in [3.63, 3.8) is 0 Å². The molecule has 19 heavy (non-hydrogen) atoms. The first-order valence-electron chi connectivity index (χ1n) is 5.96. The van der Waals surface area contributed by atoms with Crippen LogP contribution in [0.25, 0.3) is 11.3 Å². The zero-order chi connectivity index (χ0) is 13.5. The summed E-state index contributed by atoms with van der Waals surface area (Å²) in [4.78, 5) is 7.61. The van der Waals surface area contributed by atoms with Gasteiger partial charge in [-0.3, -0.25) is 0 Å². The predicted octanol–water partition coefficient (Wildman–Crippen LogP) is 2.94. The fourth-order valence-electron chi connectivity index (χ4n) is 2.15. The maximum atomic E-state index is 9.27. The van der Waals surface area contributed by atoms with Crippen LogP contribution in [0.2, 0.25) is 0 Å². The van der Waals surface area contributed by atoms with E-state index < -0.39 is 5.41 Å². The van der Waals surface area contributed by atoms with E-state index in [0.717, 1.165) is 21.3 Å². The van der Waals surface area contributed by atoms with Crippen LogP contribution in [0.5, 0.6) is 0 Å². The molecule has 1 fully saturated rings. The van der Waals surface area contributed by atoms with Crippen molar-refractivity contribution in [2.45, 2.75) is 12.3 Å². The first-order chi connectivity index (χ1) is 9.14. The molecule has 2 heterocycles. The normalized spacial score (nSPS) is 16.7. The van der Waals surface area contributed by atoms with Gasteiger partial charge in [0.2, 0.25) is 0 Å². The minimum absolute atomic E-state index is 0.411. The minimum atomic E-state index is -0.599. The third kappa shape index (κ3) is 1.97. The van der Waals surface area contributed by atoms with Gasteiger partial charge in [-0.25, -0.2) is 4.98 Å². The standard InChI is InChI=1S/C14H12BrN3O/c1-9-2-3-10(15)4-11(9)12-5-17-13(18-12)14(6-16)7-19-8-14/h2-5H,7-8H2,1H3,(H,17,18). The topological polar surface area (TPSA) is 61.7 Å². The summed E-state index contributed by atoms with van der Waals surface area (Å²) in [6.07, 6.45) is 1.78. The van der Waals surface area contributed by atoms with Gasteiger partial charge in [-0.05, 0) is 24.6 Å². The van der Waals surface area contributed by atoms with E-state index in [4.69, 9.17) is 4.74 Å². The molecule has 0 bridgehead atoms. The Hall–Kier alpha value is -1.64. The van der Waals surface area contributed by atoms with Gasteiger partial charge in [0.1, 0.15) is 5.82 Å². The number of nitriles is 1. The number of H-pyrrole nitrogens is 1. The molecule has 1 aliphatic heterocycles. The summed E-state index contributed by atoms with van der Waals surface area (Å²) in [5, 5.41) is 9.27. The smallest absolute Gasteiger partial charge is 0.161 e. The molecule has 0 aliphatic carbocycles. The summed E-state index contributed by atoms with van der Waals surface area (Å²) >= 11 is 3.47. The fraction of sp³-hybridized carbons (Fsp3) is 0.286. The van der Waals surface area contributed by atoms with Crippen LogP contribution in [0.1, 0.15) is 11.4 Å². The fourth-order valence-corrected chi connectivity index (χ4v) is 2.51. The number of rotatable bonds is 2. The average Bonchev–Trinajstić information content (AvgIpc) is 2.81. The number of aromatic amines is 1. The van der Waals surface area contributed by atoms with Crippen molar-refractivity contribution in [2.24, 2.45) is 0 Å². The molecule has 4 nitrogen and oxygen atoms in total. The van der Waals surface area contributed by atoms with Crippen molar-refractivity contribution >= 4 is 15.9 Å². The third-order valence-electron chi connectivity index (χ3n) is 3.43. The summed E-state index contributed by atoms with van der Waals surface area (Å²) in [5.74, 6) is 0.690. The third-order valence-corrected chi connectivity index (χ3v) is 3.92. The maximum absolute atomic E-state index is 9.27. The summed E-state index contributed by atoms with van der Waals surface area (Å²) in [5.41, 5.74) is 2.57. The van der Waals surface area contributed by atoms with Crippen molar-refractivity contribution < 1.29 is 4.74 Å². The van der Waals surface area contributed by atoms with E-state index in [0.29, 0.717) is 19.0 Å². The Kier molecular flexibility index (Phi) is 2.92. The van der Waals surface area contributed by atoms with Gasteiger partial charge in [0.05, 0.1) is 31.2 Å². The van der Waals surface area contributed by atoms with Crippen molar-refractivity contribution in [3.05, 3.63) is 40.3 Å². The molecule has 0 amide bonds. The summed E-state index contributed by atoms with van der Waals surface area (Å²) in [6.45, 7) is 2.87. The van der Waals surface area contributed by atoms with Gasteiger partial charge < -0.3 is 9.72 Å². The molecule has 0 radical (unpaired) electrons. The number of imidazole rings is 1. The van der Waals surface area contributed by atoms with Crippen LogP contribution in [0.3, 0.4) is 0 Å². The van der Waals surface area contributed by atoms with Crippen molar-refractivity contribution in [3.8, 4) is 17.3 Å². The van der Waals surface area contributed by atoms with E-state index >= 15 is 0 Å². The van der Waals surface area contributed by atoms with Crippen LogP contribution >= 0.6 is 15.9 Å². The highest BCUT2D eigenvalue weighted by molar-refractivity contribution is 9.10. The van der Waals surface area contributed by atoms with Gasteiger partial charge in [-0.2, -0.15) is 5.26 Å². The van der Waals surface area contributed by atoms with Crippen molar-refractivity contribution in [2.75, 3.05) is 13.2 Å². The number of hydrogen-bond acceptors (Lipinski definition) is 3. The quantitative estimate of drug-likeness (QED) is 0.926. The van der Waals surface area contributed by atoms with E-state index in [1.54, 1.807) is 6.20 Å². The van der Waals surface area contributed by atoms with Gasteiger partial charge in [-0.15, -0.1) is 0 Å². The largest absolute Gasteiger partial charge is 0.377 e. The molecule has 0 spiro atoms. The summed E-state index contributed by atoms with van der Waals surface area (Å²) in [7, 11) is 0. The molecule has 1 N–H and O–H groups in total. The molecule has 0 saturated carbocycles. The molecule has 96 valence electrons. The van der Waals surface area contributed by atoms with Crippen LogP contribution in [-0.4, -0.2) is 23.2 Å². The first-order valence-corrected chi connectivity index (χ1v) is 6.75. The number of nitrogens with zero attached hydrogens (tertiary/aromatic N) is 2. The second-order valence-corrected chi connectivity index (χ2v) is 5.71. The Morgan fingerprint density at radius 3 is 2.89 bits per heavy atom. The van der Waals surface area contributed by atoms with Gasteiger partial charge in [-0.1, -0.05) is 22.0 Å². The molecule has 0 unspecified atom stereocenters. The highest BCUT2D eigenvalue weighted by atomic mass is 79.9. The van der Waals surface area contributed by atoms with E-state index in [1.165, 1.54) is 0 Å². The molecule has 1 aromatic heterocycles. The Labute approximate surface area is 119 Å². The number of benzene rings is 1. The van der Waals surface area contributed by atoms with Gasteiger partial charge in [0, 0.05) is 10.0 Å². The number of aromatic nitrogens is 2. The highest BCUT2D eigenvalue weighted by Crippen LogP contribution is 2.32. The molecule has 0 atom stereocenters. The Morgan fingerprint density at radius 2 is 2.26 bits per heavy atom. The van der Waals surface area contributed by atoms with Crippen LogP contribution in [0.15, 0.2) is 28.9 Å². The van der Waals surface area contributed by atoms with Crippen molar-refractivity contribution in [1.82, 2.24) is 9.97 Å². The molecule has 5 heteroatoms. The molecule has 2 aromatic rings. The number of halogens is 1. The second kappa shape index (κ2) is 4.48. The Bertz CT molecular complexity index is 668. The maximum Gasteiger partial charge on any atom is 0.161 e. The zero-order valence-corrected chi connectivity index (χ0v) is 12.0. The lowest BCUT2D eigenvalue weighted by Gasteiger charge is -2.32. The predicted molar refractivity (Wildman–Crippen MR) is 74.6 cm³/mol. The lowest BCUT2D eigenvalue weighted by atomic mass is 9.87. The van der Waals surface area contributed by atoms with Gasteiger partial charge in [0.25, 0.3) is 0 Å². The molecule has 1 aromatic carbocycles. The molecular formula is C14H12BrN3O. The second-order valence-electron chi connectivity index (χ2n) is 4.79. The molecular weight excluding hydrogens is 306 g/mol. The lowest BCUT2D eigenvalue weighted by Crippen LogP contribution is -2.46. The zero-order valence-electron chi connectivity index (χ0n) is 10.4. The number of nitrogens with one attached hydrogen (secondary N) is 1. The SMILES string of the molecule is Cc1ccc(Br)cc1-c1cnc(C2(C#N)COC2)[nH]1. The summed E-state index contributed by atoms with van der Waals surface area (Å²) < 4.78 is 6.17. The van der Waals surface area contributed by atoms with Gasteiger partial charge >= 0.3 is 0 Å². The molecule has 1 saturated heterocycles. The van der Waals surface area contributed by atoms with Crippen LogP contribution in [-0.2, 0) is 10.2 Å². The first kappa shape index (κ1) is 12.4. The van der Waals surface area contributed by atoms with Gasteiger partial charge in [0.15, 0.2) is 5.41 Å². The van der Waals surface area contributed by atoms with Crippen LogP contribution < -0.4 is 0 Å². The average molecular weight is 318 g/mol. The number of aryl methyl sites for hydroxylation is 1. The van der Waals surface area contributed by atoms with E-state index in [-0.39, 0.29) is 0 Å². The lowest BCUT2D eigenvalue weighted by molar-refractivity contribution is -0.0335. The highest BCUT2D eigenvalue weighted by Gasteiger charge is 2.43.